The average molecular weight is 523 g/mol. The van der Waals surface area contributed by atoms with Crippen molar-refractivity contribution >= 4 is 11.9 Å². The number of benzene rings is 4. The van der Waals surface area contributed by atoms with Gasteiger partial charge < -0.3 is 24.1 Å². The van der Waals surface area contributed by atoms with E-state index >= 15 is 0 Å². The van der Waals surface area contributed by atoms with Gasteiger partial charge >= 0.3 is 11.9 Å². The van der Waals surface area contributed by atoms with Crippen LogP contribution in [0.2, 0.25) is 0 Å². The van der Waals surface area contributed by atoms with E-state index in [4.69, 9.17) is 18.9 Å². The van der Waals surface area contributed by atoms with Gasteiger partial charge in [-0.1, -0.05) is 36.4 Å². The first-order valence-electron chi connectivity index (χ1n) is 12.6. The third-order valence-electron chi connectivity index (χ3n) is 6.64. The minimum Gasteiger partial charge on any atom is -0.508 e. The van der Waals surface area contributed by atoms with Crippen molar-refractivity contribution in [3.63, 3.8) is 0 Å². The zero-order chi connectivity index (χ0) is 27.4. The Kier molecular flexibility index (Phi) is 5.61. The predicted octanol–water partition coefficient (Wildman–Crippen LogP) is 6.49. The van der Waals surface area contributed by atoms with Gasteiger partial charge in [-0.15, -0.1) is 0 Å². The van der Waals surface area contributed by atoms with Gasteiger partial charge in [0, 0.05) is 28.8 Å². The Morgan fingerprint density at radius 2 is 1.56 bits per heavy atom. The third kappa shape index (κ3) is 4.26. The minimum absolute atomic E-state index is 0.00801. The zero-order valence-electron chi connectivity index (χ0n) is 21.7. The lowest BCUT2D eigenvalue weighted by Gasteiger charge is -2.36. The van der Waals surface area contributed by atoms with Crippen LogP contribution in [0, 0.1) is 0 Å². The Balaban J connectivity index is 1.45. The van der Waals surface area contributed by atoms with Gasteiger partial charge in [0.2, 0.25) is 0 Å². The average Bonchev–Trinajstić information content (AvgIpc) is 3.19. The summed E-state index contributed by atoms with van der Waals surface area (Å²) in [6.45, 7) is 5.72. The second-order valence-electron chi connectivity index (χ2n) is 10.5. The number of phenolic OH excluding ortho intramolecular Hbond substituents is 1. The Morgan fingerprint density at radius 1 is 0.872 bits per heavy atom. The lowest BCUT2D eigenvalue weighted by molar-refractivity contribution is 0.00690. The number of ether oxygens (including phenoxy) is 4. The summed E-state index contributed by atoms with van der Waals surface area (Å²) in [7, 11) is 0. The fourth-order valence-electron chi connectivity index (χ4n) is 4.99. The first kappa shape index (κ1) is 24.6. The van der Waals surface area contributed by atoms with Gasteiger partial charge in [0.25, 0.3) is 0 Å². The van der Waals surface area contributed by atoms with Crippen LogP contribution in [0.1, 0.15) is 63.7 Å². The van der Waals surface area contributed by atoms with E-state index in [0.29, 0.717) is 40.5 Å². The Morgan fingerprint density at radius 3 is 2.31 bits per heavy atom. The van der Waals surface area contributed by atoms with Crippen LogP contribution in [0.3, 0.4) is 0 Å². The smallest absolute Gasteiger partial charge is 0.340 e. The molecule has 2 heterocycles. The molecular formula is C32H26O7. The molecule has 4 aromatic carbocycles. The van der Waals surface area contributed by atoms with Crippen LogP contribution in [0.4, 0.5) is 0 Å². The molecular weight excluding hydrogens is 496 g/mol. The summed E-state index contributed by atoms with van der Waals surface area (Å²) in [6, 6.07) is 24.7. The molecule has 39 heavy (non-hydrogen) atoms. The lowest BCUT2D eigenvalue weighted by Crippen LogP contribution is -2.33. The summed E-state index contributed by atoms with van der Waals surface area (Å²) in [6.07, 6.45) is 0. The number of hydrogen-bond donors (Lipinski definition) is 1. The molecule has 1 N–H and O–H groups in total. The van der Waals surface area contributed by atoms with Crippen molar-refractivity contribution in [2.75, 3.05) is 0 Å². The van der Waals surface area contributed by atoms with E-state index in [-0.39, 0.29) is 16.9 Å². The van der Waals surface area contributed by atoms with Crippen molar-refractivity contribution in [2.45, 2.75) is 38.6 Å². The van der Waals surface area contributed by atoms with Crippen molar-refractivity contribution in [1.29, 1.82) is 0 Å². The van der Waals surface area contributed by atoms with Crippen LogP contribution in [0.15, 0.2) is 84.9 Å². The highest BCUT2D eigenvalue weighted by molar-refractivity contribution is 6.00. The normalized spacial score (nSPS) is 16.9. The van der Waals surface area contributed by atoms with Gasteiger partial charge in [-0.25, -0.2) is 9.59 Å². The van der Waals surface area contributed by atoms with Crippen molar-refractivity contribution in [3.05, 3.63) is 118 Å². The predicted molar refractivity (Wildman–Crippen MR) is 142 cm³/mol. The summed E-state index contributed by atoms with van der Waals surface area (Å²) in [5, 5.41) is 10.2. The van der Waals surface area contributed by atoms with E-state index in [9.17, 15) is 14.7 Å². The molecule has 0 bridgehead atoms. The molecule has 0 radical (unpaired) electrons. The topological polar surface area (TPSA) is 91.3 Å². The molecule has 7 nitrogen and oxygen atoms in total. The summed E-state index contributed by atoms with van der Waals surface area (Å²) in [4.78, 5) is 26.1. The van der Waals surface area contributed by atoms with Crippen molar-refractivity contribution in [3.8, 4) is 23.0 Å². The number of fused-ring (bicyclic) bond motifs is 6. The number of aromatic hydroxyl groups is 1. The van der Waals surface area contributed by atoms with E-state index in [1.54, 1.807) is 51.1 Å². The van der Waals surface area contributed by atoms with Gasteiger partial charge in [-0.3, -0.25) is 0 Å². The van der Waals surface area contributed by atoms with Gasteiger partial charge in [0.05, 0.1) is 11.1 Å². The van der Waals surface area contributed by atoms with E-state index in [0.717, 1.165) is 5.56 Å². The maximum absolute atomic E-state index is 13.3. The summed E-state index contributed by atoms with van der Waals surface area (Å²) in [5.41, 5.74) is 1.23. The van der Waals surface area contributed by atoms with Crippen molar-refractivity contribution < 1.29 is 33.6 Å². The van der Waals surface area contributed by atoms with Crippen LogP contribution in [-0.4, -0.2) is 22.6 Å². The van der Waals surface area contributed by atoms with Crippen LogP contribution in [-0.2, 0) is 21.7 Å². The highest BCUT2D eigenvalue weighted by atomic mass is 16.6. The van der Waals surface area contributed by atoms with E-state index < -0.39 is 23.1 Å². The number of carbonyl (C=O) groups excluding carboxylic acids is 2. The van der Waals surface area contributed by atoms with Crippen molar-refractivity contribution in [2.24, 2.45) is 0 Å². The number of carbonyl (C=O) groups is 2. The maximum Gasteiger partial charge on any atom is 0.340 e. The zero-order valence-corrected chi connectivity index (χ0v) is 21.7. The molecule has 1 unspecified atom stereocenters. The second kappa shape index (κ2) is 8.91. The largest absolute Gasteiger partial charge is 0.508 e. The molecule has 0 aliphatic carbocycles. The number of esters is 2. The molecule has 2 aliphatic heterocycles. The Hall–Kier alpha value is -4.78. The maximum atomic E-state index is 13.3. The van der Waals surface area contributed by atoms with E-state index in [2.05, 4.69) is 0 Å². The highest BCUT2D eigenvalue weighted by Gasteiger charge is 2.53. The van der Waals surface area contributed by atoms with Gasteiger partial charge in [0.15, 0.2) is 5.60 Å². The van der Waals surface area contributed by atoms with E-state index in [1.807, 2.05) is 36.4 Å². The third-order valence-corrected chi connectivity index (χ3v) is 6.64. The van der Waals surface area contributed by atoms with Crippen LogP contribution >= 0.6 is 0 Å². The molecule has 0 aromatic heterocycles. The minimum atomic E-state index is -1.34. The summed E-state index contributed by atoms with van der Waals surface area (Å²) < 4.78 is 23.9. The molecule has 7 heteroatoms. The number of phenols is 1. The van der Waals surface area contributed by atoms with Crippen LogP contribution in [0.25, 0.3) is 0 Å². The Bertz CT molecular complexity index is 1620. The highest BCUT2D eigenvalue weighted by Crippen LogP contribution is 2.57. The molecule has 0 fully saturated rings. The molecule has 4 aromatic rings. The summed E-state index contributed by atoms with van der Waals surface area (Å²) >= 11 is 0. The number of rotatable bonds is 4. The number of hydrogen-bond acceptors (Lipinski definition) is 7. The van der Waals surface area contributed by atoms with E-state index in [1.165, 1.54) is 18.2 Å². The first-order chi connectivity index (χ1) is 18.6. The molecule has 2 aliphatic rings. The van der Waals surface area contributed by atoms with Crippen LogP contribution < -0.4 is 9.47 Å². The first-order valence-corrected chi connectivity index (χ1v) is 12.6. The van der Waals surface area contributed by atoms with Crippen molar-refractivity contribution in [1.82, 2.24) is 0 Å². The fourth-order valence-corrected chi connectivity index (χ4v) is 4.99. The quantitative estimate of drug-likeness (QED) is 0.306. The van der Waals surface area contributed by atoms with Gasteiger partial charge in [-0.05, 0) is 62.7 Å². The van der Waals surface area contributed by atoms with Crippen LogP contribution in [0.5, 0.6) is 23.0 Å². The summed E-state index contributed by atoms with van der Waals surface area (Å²) in [5.74, 6) is 0.244. The lowest BCUT2D eigenvalue weighted by atomic mass is 9.77. The molecule has 0 amide bonds. The molecule has 0 saturated heterocycles. The molecule has 1 atom stereocenters. The monoisotopic (exact) mass is 522 g/mol. The molecule has 0 saturated carbocycles. The standard InChI is InChI=1S/C32H26O7/c1-31(2,3)38-29(34)20-9-12-24-23(15-20)30(35)39-32(24)25-13-10-21(33)16-27(25)37-28-17-22(11-14-26(28)32)36-18-19-7-5-4-6-8-19/h4-17,33H,18H2,1-3H3. The van der Waals surface area contributed by atoms with Gasteiger partial charge in [0.1, 0.15) is 35.2 Å². The SMILES string of the molecule is CC(C)(C)OC(=O)c1ccc2c(c1)C(=O)OC21c2ccc(O)cc2Oc2cc(OCc3ccccc3)ccc21. The fraction of sp³-hybridized carbons (Fsp3) is 0.188. The molecule has 1 spiro atoms. The second-order valence-corrected chi connectivity index (χ2v) is 10.5. The molecule has 196 valence electrons. The Labute approximate surface area is 225 Å². The van der Waals surface area contributed by atoms with Gasteiger partial charge in [-0.2, -0.15) is 0 Å². The molecule has 6 rings (SSSR count).